The van der Waals surface area contributed by atoms with E-state index >= 15 is 0 Å². The van der Waals surface area contributed by atoms with E-state index < -0.39 is 9.84 Å². The number of aromatic nitrogens is 2. The zero-order chi connectivity index (χ0) is 19.6. The van der Waals surface area contributed by atoms with Crippen molar-refractivity contribution < 1.29 is 13.2 Å². The number of rotatable bonds is 6. The van der Waals surface area contributed by atoms with Crippen molar-refractivity contribution in [1.82, 2.24) is 15.3 Å². The molecule has 0 atom stereocenters. The average Bonchev–Trinajstić information content (AvgIpc) is 2.98. The molecule has 0 fully saturated rings. The fourth-order valence-electron chi connectivity index (χ4n) is 3.09. The van der Waals surface area contributed by atoms with Crippen LogP contribution >= 0.6 is 0 Å². The van der Waals surface area contributed by atoms with Gasteiger partial charge in [-0.25, -0.2) is 13.4 Å². The molecular formula is C20H21N3O3S. The molecule has 3 aromatic rings. The summed E-state index contributed by atoms with van der Waals surface area (Å²) in [4.78, 5) is 18.8. The maximum Gasteiger partial charge on any atom is 0.211 e. The van der Waals surface area contributed by atoms with Gasteiger partial charge < -0.3 is 10.3 Å². The quantitative estimate of drug-likeness (QED) is 0.640. The molecule has 2 N–H and O–H groups in total. The monoisotopic (exact) mass is 383 g/mol. The van der Waals surface area contributed by atoms with Crippen molar-refractivity contribution >= 4 is 32.9 Å². The van der Waals surface area contributed by atoms with E-state index in [0.29, 0.717) is 17.5 Å². The van der Waals surface area contributed by atoms with Crippen molar-refractivity contribution in [2.45, 2.75) is 25.7 Å². The summed E-state index contributed by atoms with van der Waals surface area (Å²) in [6.07, 6.45) is 3.95. The van der Waals surface area contributed by atoms with Crippen LogP contribution in [-0.2, 0) is 14.6 Å². The Morgan fingerprint density at radius 3 is 2.74 bits per heavy atom. The first kappa shape index (κ1) is 18.8. The molecule has 0 saturated heterocycles. The maximum atomic E-state index is 12.3. The zero-order valence-electron chi connectivity index (χ0n) is 15.4. The molecule has 3 rings (SSSR count). The van der Waals surface area contributed by atoms with Gasteiger partial charge in [0.1, 0.15) is 5.65 Å². The second-order valence-corrected chi connectivity index (χ2v) is 8.59. The Balaban J connectivity index is 2.26. The normalized spacial score (nSPS) is 12.3. The van der Waals surface area contributed by atoms with Gasteiger partial charge >= 0.3 is 0 Å². The van der Waals surface area contributed by atoms with Crippen molar-refractivity contribution in [3.8, 4) is 0 Å². The van der Waals surface area contributed by atoms with Gasteiger partial charge in [0, 0.05) is 34.6 Å². The molecule has 0 unspecified atom stereocenters. The van der Waals surface area contributed by atoms with Crippen LogP contribution in [0.5, 0.6) is 0 Å². The smallest absolute Gasteiger partial charge is 0.211 e. The Morgan fingerprint density at radius 2 is 2.04 bits per heavy atom. The van der Waals surface area contributed by atoms with E-state index in [0.717, 1.165) is 27.9 Å². The Labute approximate surface area is 158 Å². The zero-order valence-corrected chi connectivity index (χ0v) is 16.2. The number of hydrogen-bond acceptors (Lipinski definition) is 4. The predicted molar refractivity (Wildman–Crippen MR) is 106 cm³/mol. The van der Waals surface area contributed by atoms with E-state index in [4.69, 9.17) is 0 Å². The van der Waals surface area contributed by atoms with Crippen LogP contribution in [-0.4, -0.2) is 30.5 Å². The third-order valence-electron chi connectivity index (χ3n) is 4.42. The van der Waals surface area contributed by atoms with Gasteiger partial charge in [-0.2, -0.15) is 0 Å². The number of nitrogens with zero attached hydrogens (tertiary/aromatic N) is 1. The summed E-state index contributed by atoms with van der Waals surface area (Å²) in [5, 5.41) is 3.50. The predicted octanol–water partition coefficient (Wildman–Crippen LogP) is 3.11. The van der Waals surface area contributed by atoms with Crippen LogP contribution in [0.3, 0.4) is 0 Å². The number of H-pyrrole nitrogens is 1. The maximum absolute atomic E-state index is 12.3. The highest BCUT2D eigenvalue weighted by atomic mass is 32.2. The van der Waals surface area contributed by atoms with Crippen LogP contribution in [0.4, 0.5) is 0 Å². The number of aromatic amines is 1. The van der Waals surface area contributed by atoms with Crippen molar-refractivity contribution in [2.75, 3.05) is 5.75 Å². The Hall–Kier alpha value is -2.93. The Bertz CT molecular complexity index is 1140. The van der Waals surface area contributed by atoms with Gasteiger partial charge in [-0.15, -0.1) is 0 Å². The van der Waals surface area contributed by atoms with E-state index in [1.807, 2.05) is 26.0 Å². The first-order valence-electron chi connectivity index (χ1n) is 8.55. The summed E-state index contributed by atoms with van der Waals surface area (Å²) in [7, 11) is -3.34. The van der Waals surface area contributed by atoms with Gasteiger partial charge in [0.2, 0.25) is 6.41 Å². The fraction of sp³-hybridized carbons (Fsp3) is 0.200. The number of carbonyl (C=O) groups is 1. The summed E-state index contributed by atoms with van der Waals surface area (Å²) < 4.78 is 24.6. The number of pyridine rings is 1. The van der Waals surface area contributed by atoms with Gasteiger partial charge in [0.25, 0.3) is 0 Å². The molecule has 2 heterocycles. The molecule has 0 radical (unpaired) electrons. The highest BCUT2D eigenvalue weighted by Gasteiger charge is 2.18. The summed E-state index contributed by atoms with van der Waals surface area (Å²) in [5.41, 5.74) is 4.92. The SMILES string of the molecule is CCS(=O)(=O)c1cccc(/C(=C/NC=O)c2c(C)[nH]c3ncc(C)cc23)c1. The summed E-state index contributed by atoms with van der Waals surface area (Å²) in [5.74, 6) is 0.0251. The number of hydrogen-bond donors (Lipinski definition) is 2. The van der Waals surface area contributed by atoms with Crippen LogP contribution in [0.2, 0.25) is 0 Å². The molecule has 0 aliphatic heterocycles. The highest BCUT2D eigenvalue weighted by molar-refractivity contribution is 7.91. The second kappa shape index (κ2) is 7.36. The van der Waals surface area contributed by atoms with E-state index in [2.05, 4.69) is 15.3 Å². The van der Waals surface area contributed by atoms with Crippen molar-refractivity contribution in [3.63, 3.8) is 0 Å². The molecule has 0 aliphatic carbocycles. The minimum absolute atomic E-state index is 0.0251. The molecule has 0 spiro atoms. The molecule has 27 heavy (non-hydrogen) atoms. The molecule has 1 aromatic carbocycles. The second-order valence-electron chi connectivity index (χ2n) is 6.31. The Kier molecular flexibility index (Phi) is 5.14. The third-order valence-corrected chi connectivity index (χ3v) is 6.16. The molecule has 0 saturated carbocycles. The molecule has 6 nitrogen and oxygen atoms in total. The lowest BCUT2D eigenvalue weighted by Gasteiger charge is -2.11. The fourth-order valence-corrected chi connectivity index (χ4v) is 4.02. The van der Waals surface area contributed by atoms with E-state index in [1.54, 1.807) is 37.5 Å². The van der Waals surface area contributed by atoms with E-state index in [1.165, 1.54) is 0 Å². The van der Waals surface area contributed by atoms with Crippen LogP contribution < -0.4 is 5.32 Å². The van der Waals surface area contributed by atoms with Crippen LogP contribution in [0.15, 0.2) is 47.6 Å². The molecule has 1 amide bonds. The number of amides is 1. The first-order valence-corrected chi connectivity index (χ1v) is 10.2. The molecule has 0 aliphatic rings. The van der Waals surface area contributed by atoms with Gasteiger partial charge in [-0.3, -0.25) is 4.79 Å². The van der Waals surface area contributed by atoms with Gasteiger partial charge in [-0.1, -0.05) is 19.1 Å². The summed E-state index contributed by atoms with van der Waals surface area (Å²) >= 11 is 0. The van der Waals surface area contributed by atoms with Crippen molar-refractivity contribution in [3.05, 3.63) is 65.1 Å². The number of nitrogens with one attached hydrogen (secondary N) is 2. The van der Waals surface area contributed by atoms with Gasteiger partial charge in [0.05, 0.1) is 10.6 Å². The van der Waals surface area contributed by atoms with Crippen molar-refractivity contribution in [2.24, 2.45) is 0 Å². The standard InChI is InChI=1S/C20H21N3O3S/c1-4-27(25,26)16-7-5-6-15(9-16)18(11-21-12-24)19-14(3)23-20-17(19)8-13(2)10-22-20/h5-12H,4H2,1-3H3,(H,21,24)(H,22,23)/b18-11-. The lowest BCUT2D eigenvalue weighted by molar-refractivity contribution is -0.108. The number of benzene rings is 1. The number of sulfone groups is 1. The minimum Gasteiger partial charge on any atom is -0.343 e. The lowest BCUT2D eigenvalue weighted by Crippen LogP contribution is -2.06. The van der Waals surface area contributed by atoms with Gasteiger partial charge in [0.15, 0.2) is 9.84 Å². The largest absolute Gasteiger partial charge is 0.343 e. The molecular weight excluding hydrogens is 362 g/mol. The van der Waals surface area contributed by atoms with Crippen LogP contribution in [0, 0.1) is 13.8 Å². The van der Waals surface area contributed by atoms with E-state index in [9.17, 15) is 13.2 Å². The van der Waals surface area contributed by atoms with Gasteiger partial charge in [-0.05, 0) is 43.2 Å². The molecule has 140 valence electrons. The third kappa shape index (κ3) is 3.64. The molecule has 7 heteroatoms. The molecule has 0 bridgehead atoms. The lowest BCUT2D eigenvalue weighted by atomic mass is 9.96. The number of fused-ring (bicyclic) bond motifs is 1. The van der Waals surface area contributed by atoms with Crippen molar-refractivity contribution in [1.29, 1.82) is 0 Å². The molecule has 2 aromatic heterocycles. The topological polar surface area (TPSA) is 91.9 Å². The average molecular weight is 383 g/mol. The first-order chi connectivity index (χ1) is 12.9. The van der Waals surface area contributed by atoms with Crippen LogP contribution in [0.1, 0.15) is 29.3 Å². The summed E-state index contributed by atoms with van der Waals surface area (Å²) in [6, 6.07) is 8.77. The highest BCUT2D eigenvalue weighted by Crippen LogP contribution is 2.33. The Morgan fingerprint density at radius 1 is 1.26 bits per heavy atom. The van der Waals surface area contributed by atoms with Crippen LogP contribution in [0.25, 0.3) is 16.6 Å². The minimum atomic E-state index is -3.34. The van der Waals surface area contributed by atoms with E-state index in [-0.39, 0.29) is 10.6 Å². The summed E-state index contributed by atoms with van der Waals surface area (Å²) in [6.45, 7) is 5.50. The number of carbonyl (C=O) groups excluding carboxylic acids is 1. The number of aryl methyl sites for hydroxylation is 2.